The maximum Gasteiger partial charge on any atom is 0.276 e. The Bertz CT molecular complexity index is 480. The van der Waals surface area contributed by atoms with Gasteiger partial charge in [0.05, 0.1) is 12.2 Å². The van der Waals surface area contributed by atoms with E-state index < -0.39 is 0 Å². The van der Waals surface area contributed by atoms with Crippen molar-refractivity contribution in [2.75, 3.05) is 26.2 Å². The molecule has 0 bridgehead atoms. The molecular weight excluding hydrogens is 266 g/mol. The molecule has 1 N–H and O–H groups in total. The lowest BCUT2D eigenvalue weighted by molar-refractivity contribution is 0.0754. The van der Waals surface area contributed by atoms with Gasteiger partial charge in [-0.1, -0.05) is 12.1 Å². The van der Waals surface area contributed by atoms with Gasteiger partial charge in [0.1, 0.15) is 0 Å². The molecule has 3 rings (SSSR count). The topological polar surface area (TPSA) is 63.1 Å². The summed E-state index contributed by atoms with van der Waals surface area (Å²) in [5, 5.41) is 11.6. The molecule has 21 heavy (non-hydrogen) atoms. The third kappa shape index (κ3) is 3.43. The van der Waals surface area contributed by atoms with Crippen LogP contribution in [-0.4, -0.2) is 52.0 Å². The minimum Gasteiger partial charge on any atom is -0.337 e. The van der Waals surface area contributed by atoms with E-state index >= 15 is 0 Å². The fraction of sp³-hybridized carbons (Fsp3) is 0.800. The van der Waals surface area contributed by atoms with Crippen molar-refractivity contribution in [1.29, 1.82) is 0 Å². The average molecular weight is 291 g/mol. The normalized spacial score (nSPS) is 24.8. The van der Waals surface area contributed by atoms with Gasteiger partial charge in [-0.3, -0.25) is 4.79 Å². The first-order chi connectivity index (χ1) is 10.2. The predicted molar refractivity (Wildman–Crippen MR) is 80.1 cm³/mol. The van der Waals surface area contributed by atoms with Crippen molar-refractivity contribution in [2.24, 2.45) is 5.92 Å². The highest BCUT2D eigenvalue weighted by atomic mass is 16.2. The molecule has 2 aliphatic rings. The number of carbonyl (C=O) groups excluding carboxylic acids is 1. The van der Waals surface area contributed by atoms with Crippen molar-refractivity contribution in [1.82, 2.24) is 25.2 Å². The Hall–Kier alpha value is -1.43. The van der Waals surface area contributed by atoms with Crippen molar-refractivity contribution in [3.63, 3.8) is 0 Å². The van der Waals surface area contributed by atoms with Crippen LogP contribution in [0.2, 0.25) is 0 Å². The molecule has 0 radical (unpaired) electrons. The maximum absolute atomic E-state index is 12.6. The van der Waals surface area contributed by atoms with E-state index in [4.69, 9.17) is 0 Å². The van der Waals surface area contributed by atoms with E-state index in [1.165, 1.54) is 6.42 Å². The summed E-state index contributed by atoms with van der Waals surface area (Å²) in [4.78, 5) is 14.5. The Kier molecular flexibility index (Phi) is 4.53. The van der Waals surface area contributed by atoms with Gasteiger partial charge in [-0.25, -0.2) is 4.68 Å². The highest BCUT2D eigenvalue weighted by molar-refractivity contribution is 5.91. The zero-order chi connectivity index (χ0) is 14.7. The van der Waals surface area contributed by atoms with Gasteiger partial charge in [0, 0.05) is 13.1 Å². The van der Waals surface area contributed by atoms with Gasteiger partial charge in [-0.05, 0) is 51.1 Å². The zero-order valence-corrected chi connectivity index (χ0v) is 12.8. The van der Waals surface area contributed by atoms with E-state index in [0.29, 0.717) is 17.7 Å². The minimum absolute atomic E-state index is 0.0456. The van der Waals surface area contributed by atoms with Gasteiger partial charge in [0.2, 0.25) is 0 Å². The molecule has 0 saturated carbocycles. The summed E-state index contributed by atoms with van der Waals surface area (Å²) in [5.41, 5.74) is 0.503. The lowest BCUT2D eigenvalue weighted by atomic mass is 10.0. The number of hydrogen-bond acceptors (Lipinski definition) is 4. The van der Waals surface area contributed by atoms with Crippen molar-refractivity contribution in [3.8, 4) is 0 Å². The standard InChI is InChI=1S/C15H25N5O/c1-12-3-2-9-19(10-6-12)15(21)14-11-20(18-17-14)13-4-7-16-8-5-13/h11-13,16H,2-10H2,1H3. The minimum atomic E-state index is 0.0456. The van der Waals surface area contributed by atoms with Crippen molar-refractivity contribution < 1.29 is 4.79 Å². The Morgan fingerprint density at radius 3 is 2.86 bits per heavy atom. The van der Waals surface area contributed by atoms with Crippen molar-refractivity contribution >= 4 is 5.91 Å². The van der Waals surface area contributed by atoms with E-state index in [2.05, 4.69) is 22.6 Å². The van der Waals surface area contributed by atoms with E-state index in [1.807, 2.05) is 15.8 Å². The van der Waals surface area contributed by atoms with Crippen LogP contribution in [0.1, 0.15) is 55.6 Å². The number of carbonyl (C=O) groups is 1. The molecule has 2 saturated heterocycles. The molecule has 0 spiro atoms. The Morgan fingerprint density at radius 1 is 1.24 bits per heavy atom. The van der Waals surface area contributed by atoms with Crippen molar-refractivity contribution in [2.45, 2.75) is 45.1 Å². The first kappa shape index (κ1) is 14.5. The first-order valence-corrected chi connectivity index (χ1v) is 8.16. The van der Waals surface area contributed by atoms with Crippen LogP contribution in [0.25, 0.3) is 0 Å². The van der Waals surface area contributed by atoms with Gasteiger partial charge in [-0.2, -0.15) is 0 Å². The average Bonchev–Trinajstić information content (AvgIpc) is 2.91. The number of amides is 1. The Morgan fingerprint density at radius 2 is 2.05 bits per heavy atom. The fourth-order valence-electron chi connectivity index (χ4n) is 3.25. The quantitative estimate of drug-likeness (QED) is 0.896. The number of rotatable bonds is 2. The van der Waals surface area contributed by atoms with Gasteiger partial charge in [0.15, 0.2) is 5.69 Å². The molecule has 6 nitrogen and oxygen atoms in total. The molecule has 0 aromatic carbocycles. The van der Waals surface area contributed by atoms with Crippen LogP contribution >= 0.6 is 0 Å². The molecule has 1 aromatic rings. The van der Waals surface area contributed by atoms with Gasteiger partial charge in [0.25, 0.3) is 5.91 Å². The molecule has 2 fully saturated rings. The largest absolute Gasteiger partial charge is 0.337 e. The molecule has 6 heteroatoms. The summed E-state index contributed by atoms with van der Waals surface area (Å²) in [6, 6.07) is 0.379. The molecule has 1 unspecified atom stereocenters. The summed E-state index contributed by atoms with van der Waals surface area (Å²) in [6.45, 7) is 5.99. The first-order valence-electron chi connectivity index (χ1n) is 8.16. The Balaban J connectivity index is 1.65. The second-order valence-corrected chi connectivity index (χ2v) is 6.39. The number of piperidine rings is 1. The molecule has 1 atom stereocenters. The van der Waals surface area contributed by atoms with Crippen molar-refractivity contribution in [3.05, 3.63) is 11.9 Å². The highest BCUT2D eigenvalue weighted by Crippen LogP contribution is 2.20. The van der Waals surface area contributed by atoms with Gasteiger partial charge >= 0.3 is 0 Å². The van der Waals surface area contributed by atoms with Gasteiger partial charge < -0.3 is 10.2 Å². The van der Waals surface area contributed by atoms with Crippen LogP contribution in [0.4, 0.5) is 0 Å². The molecule has 2 aliphatic heterocycles. The van der Waals surface area contributed by atoms with E-state index in [0.717, 1.165) is 51.9 Å². The van der Waals surface area contributed by atoms with Crippen LogP contribution in [-0.2, 0) is 0 Å². The van der Waals surface area contributed by atoms with E-state index in [-0.39, 0.29) is 5.91 Å². The summed E-state index contributed by atoms with van der Waals surface area (Å²) in [6.07, 6.45) is 7.35. The summed E-state index contributed by atoms with van der Waals surface area (Å²) < 4.78 is 1.88. The fourth-order valence-corrected chi connectivity index (χ4v) is 3.25. The van der Waals surface area contributed by atoms with Gasteiger partial charge in [-0.15, -0.1) is 5.10 Å². The van der Waals surface area contributed by atoms with Crippen LogP contribution in [0.5, 0.6) is 0 Å². The lowest BCUT2D eigenvalue weighted by Crippen LogP contribution is -2.32. The number of nitrogens with zero attached hydrogens (tertiary/aromatic N) is 4. The third-order valence-electron chi connectivity index (χ3n) is 4.72. The van der Waals surface area contributed by atoms with E-state index in [9.17, 15) is 4.79 Å². The summed E-state index contributed by atoms with van der Waals surface area (Å²) in [7, 11) is 0. The van der Waals surface area contributed by atoms with Crippen LogP contribution in [0, 0.1) is 5.92 Å². The third-order valence-corrected chi connectivity index (χ3v) is 4.72. The smallest absolute Gasteiger partial charge is 0.276 e. The number of aromatic nitrogens is 3. The molecular formula is C15H25N5O. The summed E-state index contributed by atoms with van der Waals surface area (Å²) >= 11 is 0. The SMILES string of the molecule is CC1CCCN(C(=O)c2cn(C3CCNCC3)nn2)CC1. The molecule has 116 valence electrons. The molecule has 1 aromatic heterocycles. The van der Waals surface area contributed by atoms with Crippen LogP contribution in [0.3, 0.4) is 0 Å². The lowest BCUT2D eigenvalue weighted by Gasteiger charge is -2.22. The monoisotopic (exact) mass is 291 g/mol. The predicted octanol–water partition coefficient (Wildman–Crippen LogP) is 1.46. The highest BCUT2D eigenvalue weighted by Gasteiger charge is 2.23. The number of likely N-dealkylation sites (tertiary alicyclic amines) is 1. The van der Waals surface area contributed by atoms with Crippen LogP contribution < -0.4 is 5.32 Å². The second kappa shape index (κ2) is 6.56. The zero-order valence-electron chi connectivity index (χ0n) is 12.8. The van der Waals surface area contributed by atoms with Crippen LogP contribution in [0.15, 0.2) is 6.20 Å². The van der Waals surface area contributed by atoms with E-state index in [1.54, 1.807) is 0 Å². The Labute approximate surface area is 125 Å². The second-order valence-electron chi connectivity index (χ2n) is 6.39. The molecule has 1 amide bonds. The maximum atomic E-state index is 12.6. The number of nitrogens with one attached hydrogen (secondary N) is 1. The number of hydrogen-bond donors (Lipinski definition) is 1. The molecule has 0 aliphatic carbocycles. The molecule has 3 heterocycles. The summed E-state index contributed by atoms with van der Waals surface area (Å²) in [5.74, 6) is 0.762.